The van der Waals surface area contributed by atoms with Crippen molar-refractivity contribution in [3.63, 3.8) is 0 Å². The Morgan fingerprint density at radius 3 is 2.36 bits per heavy atom. The predicted molar refractivity (Wildman–Crippen MR) is 157 cm³/mol. The quantitative estimate of drug-likeness (QED) is 0.391. The van der Waals surface area contributed by atoms with Gasteiger partial charge >= 0.3 is 5.97 Å². The van der Waals surface area contributed by atoms with E-state index in [1.165, 1.54) is 17.5 Å². The summed E-state index contributed by atoms with van der Waals surface area (Å²) < 4.78 is 18.4. The minimum Gasteiger partial charge on any atom is -0.481 e. The molecule has 2 aliphatic carbocycles. The number of aromatic nitrogens is 1. The van der Waals surface area contributed by atoms with Crippen LogP contribution in [0.5, 0.6) is 5.88 Å². The van der Waals surface area contributed by atoms with Crippen molar-refractivity contribution >= 4 is 11.9 Å². The molecule has 5 atom stereocenters. The van der Waals surface area contributed by atoms with Crippen molar-refractivity contribution in [1.29, 1.82) is 0 Å². The summed E-state index contributed by atoms with van der Waals surface area (Å²) in [6.07, 6.45) is 7.82. The van der Waals surface area contributed by atoms with Gasteiger partial charge in [-0.2, -0.15) is 0 Å². The maximum Gasteiger partial charge on any atom is 0.326 e. The smallest absolute Gasteiger partial charge is 0.326 e. The number of likely N-dealkylation sites (tertiary alicyclic amines) is 1. The van der Waals surface area contributed by atoms with E-state index in [1.807, 2.05) is 39.1 Å². The summed E-state index contributed by atoms with van der Waals surface area (Å²) >= 11 is 0. The first-order valence-corrected chi connectivity index (χ1v) is 15.6. The Hall–Kier alpha value is -2.97. The molecule has 2 aliphatic heterocycles. The summed E-state index contributed by atoms with van der Waals surface area (Å²) in [7, 11) is 1.61. The van der Waals surface area contributed by atoms with Gasteiger partial charge in [-0.1, -0.05) is 51.5 Å². The summed E-state index contributed by atoms with van der Waals surface area (Å²) in [5, 5.41) is 10.8. The van der Waals surface area contributed by atoms with E-state index in [0.29, 0.717) is 30.7 Å². The zero-order chi connectivity index (χ0) is 29.6. The molecule has 1 N–H and O–H groups in total. The molecule has 1 aromatic heterocycles. The molecule has 4 fully saturated rings. The number of nitrogens with zero attached hydrogens (tertiary/aromatic N) is 2. The monoisotopic (exact) mass is 576 g/mol. The minimum absolute atomic E-state index is 0.213. The largest absolute Gasteiger partial charge is 0.481 e. The van der Waals surface area contributed by atoms with Gasteiger partial charge in [0.2, 0.25) is 5.88 Å². The Kier molecular flexibility index (Phi) is 8.05. The fourth-order valence-corrected chi connectivity index (χ4v) is 7.35. The molecule has 2 saturated carbocycles. The lowest BCUT2D eigenvalue weighted by Gasteiger charge is -2.35. The summed E-state index contributed by atoms with van der Waals surface area (Å²) in [4.78, 5) is 33.6. The number of carboxylic acids is 1. The number of ether oxygens (including phenoxy) is 3. The second-order valence-corrected chi connectivity index (χ2v) is 13.6. The standard InChI is InChI=1S/C34H44N2O6/c1-34(2,3)27-29(33(38)39)36(32(37)26-13-8-16-41-26)28(25-12-6-5-11-24(25)21-14-15-21)30(27)42-19-23-17-22(20-9-7-10-20)18-35-31(23)40-4/h5-6,11-12,17-18,20-21,26-30H,7-10,13-16,19H2,1-4H3,(H,38,39)/t26-,27+,28-,29-,30-/m0/s1. The molecule has 42 heavy (non-hydrogen) atoms. The van der Waals surface area contributed by atoms with Crippen molar-refractivity contribution in [2.24, 2.45) is 11.3 Å². The number of hydrogen-bond donors (Lipinski definition) is 1. The molecule has 1 amide bonds. The van der Waals surface area contributed by atoms with Crippen LogP contribution in [0.4, 0.5) is 0 Å². The summed E-state index contributed by atoms with van der Waals surface area (Å²) in [6, 6.07) is 8.74. The van der Waals surface area contributed by atoms with Gasteiger partial charge in [0.25, 0.3) is 5.91 Å². The third kappa shape index (κ3) is 5.44. The first kappa shape index (κ1) is 29.1. The Balaban J connectivity index is 1.44. The molecule has 0 unspecified atom stereocenters. The van der Waals surface area contributed by atoms with Gasteiger partial charge in [-0.25, -0.2) is 9.78 Å². The van der Waals surface area contributed by atoms with Crippen LogP contribution in [-0.4, -0.2) is 58.8 Å². The van der Waals surface area contributed by atoms with Crippen LogP contribution in [0.1, 0.15) is 106 Å². The number of pyridine rings is 1. The van der Waals surface area contributed by atoms with Crippen LogP contribution in [0, 0.1) is 11.3 Å². The van der Waals surface area contributed by atoms with Gasteiger partial charge in [-0.05, 0) is 78.5 Å². The zero-order valence-corrected chi connectivity index (χ0v) is 25.3. The molecule has 2 aromatic rings. The molecule has 0 spiro atoms. The van der Waals surface area contributed by atoms with Crippen LogP contribution in [0.15, 0.2) is 36.5 Å². The molecule has 8 nitrogen and oxygen atoms in total. The molecular formula is C34H44N2O6. The second-order valence-electron chi connectivity index (χ2n) is 13.6. The molecular weight excluding hydrogens is 532 g/mol. The maximum atomic E-state index is 14.2. The third-order valence-corrected chi connectivity index (χ3v) is 9.80. The third-order valence-electron chi connectivity index (χ3n) is 9.80. The summed E-state index contributed by atoms with van der Waals surface area (Å²) in [5.74, 6) is -0.284. The molecule has 1 aromatic carbocycles. The molecule has 226 valence electrons. The van der Waals surface area contributed by atoms with Crippen molar-refractivity contribution in [3.8, 4) is 5.88 Å². The molecule has 2 saturated heterocycles. The molecule has 8 heteroatoms. The number of aliphatic carboxylic acids is 1. The fourth-order valence-electron chi connectivity index (χ4n) is 7.35. The molecule has 6 rings (SSSR count). The van der Waals surface area contributed by atoms with E-state index >= 15 is 0 Å². The normalized spacial score (nSPS) is 28.1. The molecule has 3 heterocycles. The van der Waals surface area contributed by atoms with Gasteiger partial charge in [0.15, 0.2) is 0 Å². The van der Waals surface area contributed by atoms with E-state index in [4.69, 9.17) is 14.2 Å². The van der Waals surface area contributed by atoms with Gasteiger partial charge in [0, 0.05) is 24.3 Å². The highest BCUT2D eigenvalue weighted by atomic mass is 16.5. The Bertz CT molecular complexity index is 1310. The maximum absolute atomic E-state index is 14.2. The minimum atomic E-state index is -1.05. The van der Waals surface area contributed by atoms with E-state index in [1.54, 1.807) is 12.0 Å². The van der Waals surface area contributed by atoms with Crippen molar-refractivity contribution in [2.45, 2.75) is 108 Å². The SMILES string of the molecule is COc1ncc(C2CCC2)cc1CO[C@H]1[C@H](C(C)(C)C)[C@@H](C(=O)O)N(C(=O)[C@@H]2CCCO2)[C@H]1c1ccccc1C1CC1. The number of hydrogen-bond acceptors (Lipinski definition) is 6. The van der Waals surface area contributed by atoms with Crippen LogP contribution in [0.25, 0.3) is 0 Å². The van der Waals surface area contributed by atoms with E-state index in [-0.39, 0.29) is 12.5 Å². The molecule has 4 aliphatic rings. The number of benzene rings is 1. The van der Waals surface area contributed by atoms with Crippen molar-refractivity contribution in [1.82, 2.24) is 9.88 Å². The first-order chi connectivity index (χ1) is 20.2. The Morgan fingerprint density at radius 1 is 1.05 bits per heavy atom. The zero-order valence-electron chi connectivity index (χ0n) is 25.3. The van der Waals surface area contributed by atoms with Crippen LogP contribution in [-0.2, 0) is 25.7 Å². The van der Waals surface area contributed by atoms with E-state index in [9.17, 15) is 14.7 Å². The lowest BCUT2D eigenvalue weighted by molar-refractivity contribution is -0.156. The van der Waals surface area contributed by atoms with Gasteiger partial charge in [-0.15, -0.1) is 0 Å². The average Bonchev–Trinajstić information content (AvgIpc) is 3.50. The molecule has 0 bridgehead atoms. The van der Waals surface area contributed by atoms with Gasteiger partial charge in [-0.3, -0.25) is 4.79 Å². The highest BCUT2D eigenvalue weighted by molar-refractivity contribution is 5.88. The number of rotatable bonds is 9. The fraction of sp³-hybridized carbons (Fsp3) is 0.618. The topological polar surface area (TPSA) is 98.2 Å². The van der Waals surface area contributed by atoms with E-state index < -0.39 is 41.6 Å². The predicted octanol–water partition coefficient (Wildman–Crippen LogP) is 6.00. The first-order valence-electron chi connectivity index (χ1n) is 15.6. The number of carbonyl (C=O) groups excluding carboxylic acids is 1. The van der Waals surface area contributed by atoms with E-state index in [0.717, 1.165) is 43.2 Å². The van der Waals surface area contributed by atoms with Gasteiger partial charge in [0.1, 0.15) is 12.1 Å². The highest BCUT2D eigenvalue weighted by Crippen LogP contribution is 2.53. The van der Waals surface area contributed by atoms with E-state index in [2.05, 4.69) is 23.2 Å². The molecule has 0 radical (unpaired) electrons. The highest BCUT2D eigenvalue weighted by Gasteiger charge is 2.60. The summed E-state index contributed by atoms with van der Waals surface area (Å²) in [5.41, 5.74) is 3.74. The van der Waals surface area contributed by atoms with Gasteiger partial charge in [0.05, 0.1) is 25.9 Å². The summed E-state index contributed by atoms with van der Waals surface area (Å²) in [6.45, 7) is 6.87. The Labute approximate surface area is 248 Å². The number of methoxy groups -OCH3 is 1. The van der Waals surface area contributed by atoms with Gasteiger partial charge < -0.3 is 24.2 Å². The lowest BCUT2D eigenvalue weighted by atomic mass is 9.73. The van der Waals surface area contributed by atoms with Crippen LogP contribution >= 0.6 is 0 Å². The number of amides is 1. The van der Waals surface area contributed by atoms with Crippen LogP contribution in [0.2, 0.25) is 0 Å². The van der Waals surface area contributed by atoms with Crippen molar-refractivity contribution < 1.29 is 28.9 Å². The van der Waals surface area contributed by atoms with Crippen LogP contribution in [0.3, 0.4) is 0 Å². The second kappa shape index (κ2) is 11.6. The van der Waals surface area contributed by atoms with Crippen molar-refractivity contribution in [2.75, 3.05) is 13.7 Å². The number of carboxylic acid groups (broad SMARTS) is 1. The van der Waals surface area contributed by atoms with Crippen molar-refractivity contribution in [3.05, 3.63) is 58.8 Å². The lowest BCUT2D eigenvalue weighted by Crippen LogP contribution is -2.50. The Morgan fingerprint density at radius 2 is 1.79 bits per heavy atom. The average molecular weight is 577 g/mol. The number of carbonyl (C=O) groups is 2. The van der Waals surface area contributed by atoms with Crippen LogP contribution < -0.4 is 4.74 Å².